The molecular weight excluding hydrogens is 370 g/mol. The Kier molecular flexibility index (Phi) is 4.82. The van der Waals surface area contributed by atoms with Crippen LogP contribution in [0.1, 0.15) is 12.2 Å². The van der Waals surface area contributed by atoms with Crippen molar-refractivity contribution in [1.29, 1.82) is 0 Å². The number of benzene rings is 1. The molecule has 0 spiro atoms. The molecule has 4 aromatic rings. The maximum absolute atomic E-state index is 12.3. The Morgan fingerprint density at radius 2 is 2.15 bits per heavy atom. The fourth-order valence-electron chi connectivity index (χ4n) is 2.83. The molecule has 0 aliphatic rings. The number of aromatic nitrogens is 5. The van der Waals surface area contributed by atoms with Gasteiger partial charge in [-0.05, 0) is 18.6 Å². The lowest BCUT2D eigenvalue weighted by Crippen LogP contribution is -2.18. The van der Waals surface area contributed by atoms with Gasteiger partial charge in [0.05, 0.1) is 5.75 Å². The summed E-state index contributed by atoms with van der Waals surface area (Å²) >= 11 is 1.32. The highest BCUT2D eigenvalue weighted by molar-refractivity contribution is 7.98. The second-order valence-electron chi connectivity index (χ2n) is 5.89. The van der Waals surface area contributed by atoms with Crippen LogP contribution in [0.3, 0.4) is 0 Å². The third-order valence-electron chi connectivity index (χ3n) is 4.07. The van der Waals surface area contributed by atoms with E-state index in [2.05, 4.69) is 20.2 Å². The lowest BCUT2D eigenvalue weighted by Gasteiger charge is -2.05. The molecule has 0 atom stereocenters. The minimum atomic E-state index is -0.327. The highest BCUT2D eigenvalue weighted by Crippen LogP contribution is 2.25. The van der Waals surface area contributed by atoms with E-state index in [0.29, 0.717) is 47.4 Å². The summed E-state index contributed by atoms with van der Waals surface area (Å²) in [6.07, 6.45) is 0.700. The minimum absolute atomic E-state index is 0.209. The van der Waals surface area contributed by atoms with Gasteiger partial charge in [0.1, 0.15) is 16.9 Å². The van der Waals surface area contributed by atoms with Crippen molar-refractivity contribution in [3.05, 3.63) is 50.9 Å². The number of hydrogen-bond acceptors (Lipinski definition) is 7. The minimum Gasteiger partial charge on any atom is -0.449 e. The summed E-state index contributed by atoms with van der Waals surface area (Å²) in [7, 11) is 1.62. The molecule has 0 fully saturated rings. The summed E-state index contributed by atoms with van der Waals surface area (Å²) in [6, 6.07) is 7.38. The summed E-state index contributed by atoms with van der Waals surface area (Å²) in [5.74, 6) is 0.849. The average Bonchev–Trinajstić information content (AvgIpc) is 3.22. The Bertz CT molecular complexity index is 1210. The number of nitrogens with one attached hydrogen (secondary N) is 2. The van der Waals surface area contributed by atoms with Gasteiger partial charge in [-0.15, -0.1) is 5.10 Å². The van der Waals surface area contributed by atoms with Crippen molar-refractivity contribution in [3.8, 4) is 0 Å². The number of aromatic amines is 2. The molecule has 0 aliphatic carbocycles. The monoisotopic (exact) mass is 387 g/mol. The van der Waals surface area contributed by atoms with Gasteiger partial charge in [-0.1, -0.05) is 23.9 Å². The van der Waals surface area contributed by atoms with Crippen molar-refractivity contribution in [2.24, 2.45) is 0 Å². The van der Waals surface area contributed by atoms with Gasteiger partial charge in [-0.2, -0.15) is 0 Å². The van der Waals surface area contributed by atoms with Crippen LogP contribution < -0.4 is 11.2 Å². The lowest BCUT2D eigenvalue weighted by atomic mass is 10.2. The summed E-state index contributed by atoms with van der Waals surface area (Å²) in [5.41, 5.74) is 0.762. The van der Waals surface area contributed by atoms with Crippen molar-refractivity contribution in [2.75, 3.05) is 13.7 Å². The van der Waals surface area contributed by atoms with Gasteiger partial charge in [-0.25, -0.2) is 14.9 Å². The molecule has 140 valence electrons. The van der Waals surface area contributed by atoms with Gasteiger partial charge in [0, 0.05) is 25.6 Å². The molecule has 0 saturated heterocycles. The standard InChI is InChI=1S/C17H17N5O4S/c1-25-8-4-7-22-16(24)20-21-17(22)27-9-12-18-13-10-5-2-3-6-11(10)26-14(13)15(23)19-12/h2-3,5-6H,4,7-9H2,1H3,(H,20,24)(H,18,19,23). The molecular formula is C17H17N5O4S. The fourth-order valence-corrected chi connectivity index (χ4v) is 3.67. The molecule has 2 N–H and O–H groups in total. The molecule has 0 radical (unpaired) electrons. The van der Waals surface area contributed by atoms with Gasteiger partial charge < -0.3 is 14.1 Å². The number of ether oxygens (including phenoxy) is 1. The highest BCUT2D eigenvalue weighted by Gasteiger charge is 2.14. The second-order valence-corrected chi connectivity index (χ2v) is 6.83. The molecule has 1 aromatic carbocycles. The largest absolute Gasteiger partial charge is 0.449 e. The third-order valence-corrected chi connectivity index (χ3v) is 5.06. The average molecular weight is 387 g/mol. The van der Waals surface area contributed by atoms with E-state index in [4.69, 9.17) is 9.15 Å². The molecule has 0 saturated carbocycles. The number of fused-ring (bicyclic) bond motifs is 3. The Labute approximate surface area is 156 Å². The molecule has 0 amide bonds. The van der Waals surface area contributed by atoms with Gasteiger partial charge in [0.2, 0.25) is 5.58 Å². The lowest BCUT2D eigenvalue weighted by molar-refractivity contribution is 0.189. The van der Waals surface area contributed by atoms with E-state index in [0.717, 1.165) is 5.39 Å². The van der Waals surface area contributed by atoms with Gasteiger partial charge in [0.25, 0.3) is 5.56 Å². The van der Waals surface area contributed by atoms with Gasteiger partial charge in [-0.3, -0.25) is 9.36 Å². The van der Waals surface area contributed by atoms with Crippen molar-refractivity contribution < 1.29 is 9.15 Å². The second kappa shape index (κ2) is 7.41. The van der Waals surface area contributed by atoms with Crippen molar-refractivity contribution in [1.82, 2.24) is 24.7 Å². The zero-order chi connectivity index (χ0) is 18.8. The number of methoxy groups -OCH3 is 1. The van der Waals surface area contributed by atoms with E-state index in [1.807, 2.05) is 18.2 Å². The van der Waals surface area contributed by atoms with Crippen molar-refractivity contribution in [2.45, 2.75) is 23.9 Å². The SMILES string of the molecule is COCCCn1c(SCc2nc3c(oc4ccccc43)c(=O)[nH]2)n[nH]c1=O. The molecule has 0 aliphatic heterocycles. The van der Waals surface area contributed by atoms with Crippen LogP contribution in [0.2, 0.25) is 0 Å². The molecule has 3 aromatic heterocycles. The molecule has 3 heterocycles. The normalized spacial score (nSPS) is 11.6. The maximum atomic E-state index is 12.3. The quantitative estimate of drug-likeness (QED) is 0.367. The molecule has 0 unspecified atom stereocenters. The number of rotatable bonds is 7. The number of hydrogen-bond donors (Lipinski definition) is 2. The van der Waals surface area contributed by atoms with Crippen LogP contribution in [0.15, 0.2) is 43.4 Å². The summed E-state index contributed by atoms with van der Waals surface area (Å²) in [4.78, 5) is 31.5. The number of nitrogens with zero attached hydrogens (tertiary/aromatic N) is 3. The predicted molar refractivity (Wildman–Crippen MR) is 101 cm³/mol. The van der Waals surface area contributed by atoms with Crippen LogP contribution in [-0.2, 0) is 17.0 Å². The first kappa shape index (κ1) is 17.6. The maximum Gasteiger partial charge on any atom is 0.343 e. The zero-order valence-electron chi connectivity index (χ0n) is 14.5. The van der Waals surface area contributed by atoms with Crippen molar-refractivity contribution >= 4 is 33.8 Å². The molecule has 27 heavy (non-hydrogen) atoms. The van der Waals surface area contributed by atoms with E-state index in [9.17, 15) is 9.59 Å². The summed E-state index contributed by atoms with van der Waals surface area (Å²) in [6.45, 7) is 1.06. The first-order valence-corrected chi connectivity index (χ1v) is 9.33. The molecule has 0 bridgehead atoms. The van der Waals surface area contributed by atoms with E-state index in [1.54, 1.807) is 17.7 Å². The number of para-hydroxylation sites is 1. The van der Waals surface area contributed by atoms with Gasteiger partial charge in [0.15, 0.2) is 5.16 Å². The van der Waals surface area contributed by atoms with E-state index < -0.39 is 0 Å². The van der Waals surface area contributed by atoms with Crippen LogP contribution in [0.25, 0.3) is 22.1 Å². The van der Waals surface area contributed by atoms with Crippen LogP contribution in [0.4, 0.5) is 0 Å². The highest BCUT2D eigenvalue weighted by atomic mass is 32.2. The zero-order valence-corrected chi connectivity index (χ0v) is 15.3. The van der Waals surface area contributed by atoms with Crippen LogP contribution in [0, 0.1) is 0 Å². The fraction of sp³-hybridized carbons (Fsp3) is 0.294. The van der Waals surface area contributed by atoms with Gasteiger partial charge >= 0.3 is 5.69 Å². The Morgan fingerprint density at radius 1 is 1.30 bits per heavy atom. The Balaban J connectivity index is 1.60. The Hall–Kier alpha value is -2.85. The number of furan rings is 1. The number of H-pyrrole nitrogens is 2. The first-order chi connectivity index (χ1) is 13.2. The first-order valence-electron chi connectivity index (χ1n) is 8.34. The van der Waals surface area contributed by atoms with E-state index >= 15 is 0 Å². The predicted octanol–water partition coefficient (Wildman–Crippen LogP) is 1.88. The third kappa shape index (κ3) is 3.40. The summed E-state index contributed by atoms with van der Waals surface area (Å²) < 4.78 is 12.2. The molecule has 4 rings (SSSR count). The Morgan fingerprint density at radius 3 is 3.00 bits per heavy atom. The van der Waals surface area contributed by atoms with Crippen molar-refractivity contribution in [3.63, 3.8) is 0 Å². The van der Waals surface area contributed by atoms with Crippen LogP contribution in [0.5, 0.6) is 0 Å². The van der Waals surface area contributed by atoms with E-state index in [-0.39, 0.29) is 16.8 Å². The van der Waals surface area contributed by atoms with E-state index in [1.165, 1.54) is 11.8 Å². The molecule has 10 heteroatoms. The topological polar surface area (TPSA) is 119 Å². The molecule has 9 nitrogen and oxygen atoms in total. The van der Waals surface area contributed by atoms with Crippen LogP contribution >= 0.6 is 11.8 Å². The number of thioether (sulfide) groups is 1. The van der Waals surface area contributed by atoms with Crippen LogP contribution in [-0.4, -0.2) is 38.4 Å². The smallest absolute Gasteiger partial charge is 0.343 e. The summed E-state index contributed by atoms with van der Waals surface area (Å²) in [5, 5.41) is 7.82.